The highest BCUT2D eigenvalue weighted by Crippen LogP contribution is 2.39. The Balaban J connectivity index is 1.52. The first-order chi connectivity index (χ1) is 13.9. The van der Waals surface area contributed by atoms with Crippen molar-refractivity contribution in [2.24, 2.45) is 0 Å². The van der Waals surface area contributed by atoms with E-state index in [4.69, 9.17) is 9.47 Å². The third-order valence-corrected chi connectivity index (χ3v) is 6.84. The van der Waals surface area contributed by atoms with Crippen molar-refractivity contribution in [1.82, 2.24) is 10.0 Å². The molecule has 3 rings (SSSR count). The molecule has 0 unspecified atom stereocenters. The van der Waals surface area contributed by atoms with Crippen molar-refractivity contribution in [2.75, 3.05) is 26.0 Å². The highest BCUT2D eigenvalue weighted by molar-refractivity contribution is 7.88. The second-order valence-electron chi connectivity index (χ2n) is 8.43. The molecule has 29 heavy (non-hydrogen) atoms. The summed E-state index contributed by atoms with van der Waals surface area (Å²) < 4.78 is 38.2. The van der Waals surface area contributed by atoms with Gasteiger partial charge in [-0.2, -0.15) is 0 Å². The van der Waals surface area contributed by atoms with Crippen LogP contribution in [0.25, 0.3) is 0 Å². The standard InChI is InChI=1S/C22H36N2O4S/c1-4-27-22-16(2)7-5-8-19(22)17-10-12-18(13-11-17)28-15-21-20(9-6-14-23-21)24-29(3,25)26/h5,7-8,17-18,20-21,23-24H,4,6,9-15H2,1-3H3/t17-,18+,20-,21-/m0/s1. The molecule has 0 bridgehead atoms. The Morgan fingerprint density at radius 1 is 1.17 bits per heavy atom. The van der Waals surface area contributed by atoms with E-state index in [1.165, 1.54) is 17.4 Å². The van der Waals surface area contributed by atoms with Gasteiger partial charge in [0, 0.05) is 12.1 Å². The molecule has 0 radical (unpaired) electrons. The van der Waals surface area contributed by atoms with E-state index in [0.29, 0.717) is 19.1 Å². The van der Waals surface area contributed by atoms with Crippen LogP contribution in [0.3, 0.4) is 0 Å². The van der Waals surface area contributed by atoms with Crippen LogP contribution in [0.5, 0.6) is 5.75 Å². The van der Waals surface area contributed by atoms with Crippen LogP contribution < -0.4 is 14.8 Å². The first-order valence-corrected chi connectivity index (χ1v) is 12.8. The van der Waals surface area contributed by atoms with Gasteiger partial charge in [-0.3, -0.25) is 0 Å². The lowest BCUT2D eigenvalue weighted by Crippen LogP contribution is -2.55. The van der Waals surface area contributed by atoms with Gasteiger partial charge in [0.1, 0.15) is 5.75 Å². The summed E-state index contributed by atoms with van der Waals surface area (Å²) in [5, 5.41) is 3.43. The van der Waals surface area contributed by atoms with Crippen LogP contribution in [0.2, 0.25) is 0 Å². The number of piperidine rings is 1. The molecule has 2 atom stereocenters. The summed E-state index contributed by atoms with van der Waals surface area (Å²) in [5.41, 5.74) is 2.53. The molecule has 6 nitrogen and oxygen atoms in total. The van der Waals surface area contributed by atoms with E-state index in [1.807, 2.05) is 6.92 Å². The molecule has 0 spiro atoms. The van der Waals surface area contributed by atoms with Crippen molar-refractivity contribution < 1.29 is 17.9 Å². The zero-order valence-corrected chi connectivity index (χ0v) is 18.8. The van der Waals surface area contributed by atoms with E-state index in [2.05, 4.69) is 35.2 Å². The maximum atomic E-state index is 11.6. The zero-order valence-electron chi connectivity index (χ0n) is 17.9. The van der Waals surface area contributed by atoms with Crippen molar-refractivity contribution in [2.45, 2.75) is 76.5 Å². The van der Waals surface area contributed by atoms with Crippen LogP contribution in [0.1, 0.15) is 62.5 Å². The van der Waals surface area contributed by atoms with E-state index in [-0.39, 0.29) is 18.2 Å². The Morgan fingerprint density at radius 2 is 1.93 bits per heavy atom. The van der Waals surface area contributed by atoms with Gasteiger partial charge in [0.15, 0.2) is 0 Å². The smallest absolute Gasteiger partial charge is 0.209 e. The minimum Gasteiger partial charge on any atom is -0.493 e. The Labute approximate surface area is 175 Å². The molecule has 0 amide bonds. The molecular weight excluding hydrogens is 388 g/mol. The molecule has 0 aromatic heterocycles. The van der Waals surface area contributed by atoms with Gasteiger partial charge in [0.2, 0.25) is 10.0 Å². The van der Waals surface area contributed by atoms with Crippen molar-refractivity contribution >= 4 is 10.0 Å². The number of aryl methyl sites for hydroxylation is 1. The van der Waals surface area contributed by atoms with E-state index >= 15 is 0 Å². The summed E-state index contributed by atoms with van der Waals surface area (Å²) in [6.07, 6.45) is 7.55. The predicted molar refractivity (Wildman–Crippen MR) is 116 cm³/mol. The maximum absolute atomic E-state index is 11.6. The number of rotatable bonds is 8. The van der Waals surface area contributed by atoms with Gasteiger partial charge in [-0.25, -0.2) is 13.1 Å². The quantitative estimate of drug-likeness (QED) is 0.671. The molecule has 2 fully saturated rings. The second kappa shape index (κ2) is 10.2. The van der Waals surface area contributed by atoms with Gasteiger partial charge in [0.05, 0.1) is 25.6 Å². The summed E-state index contributed by atoms with van der Waals surface area (Å²) in [7, 11) is -3.21. The van der Waals surface area contributed by atoms with Gasteiger partial charge in [-0.05, 0) is 76.0 Å². The number of para-hydroxylation sites is 1. The van der Waals surface area contributed by atoms with Crippen molar-refractivity contribution in [3.05, 3.63) is 29.3 Å². The number of hydrogen-bond acceptors (Lipinski definition) is 5. The Kier molecular flexibility index (Phi) is 7.96. The van der Waals surface area contributed by atoms with Crippen LogP contribution in [-0.4, -0.2) is 52.6 Å². The molecule has 2 N–H and O–H groups in total. The van der Waals surface area contributed by atoms with Gasteiger partial charge in [-0.15, -0.1) is 0 Å². The lowest BCUT2D eigenvalue weighted by Gasteiger charge is -2.35. The topological polar surface area (TPSA) is 76.7 Å². The summed E-state index contributed by atoms with van der Waals surface area (Å²) in [6, 6.07) is 6.39. The molecule has 7 heteroatoms. The summed E-state index contributed by atoms with van der Waals surface area (Å²) >= 11 is 0. The number of ether oxygens (including phenoxy) is 2. The SMILES string of the molecule is CCOc1c(C)cccc1[C@H]1CC[C@@H](OC[C@@H]2NCCC[C@@H]2NS(C)(=O)=O)CC1. The lowest BCUT2D eigenvalue weighted by atomic mass is 9.81. The molecule has 1 saturated heterocycles. The molecular formula is C22H36N2O4S. The Morgan fingerprint density at radius 3 is 2.62 bits per heavy atom. The maximum Gasteiger partial charge on any atom is 0.209 e. The molecule has 1 aliphatic heterocycles. The van der Waals surface area contributed by atoms with Crippen molar-refractivity contribution in [3.63, 3.8) is 0 Å². The normalized spacial score (nSPS) is 28.2. The highest BCUT2D eigenvalue weighted by Gasteiger charge is 2.30. The van der Waals surface area contributed by atoms with E-state index in [0.717, 1.165) is 50.8 Å². The molecule has 1 aliphatic carbocycles. The average Bonchev–Trinajstić information content (AvgIpc) is 2.68. The third kappa shape index (κ3) is 6.41. The lowest BCUT2D eigenvalue weighted by molar-refractivity contribution is 0.00510. The number of hydrogen-bond donors (Lipinski definition) is 2. The monoisotopic (exact) mass is 424 g/mol. The van der Waals surface area contributed by atoms with Crippen LogP contribution in [0, 0.1) is 6.92 Å². The largest absolute Gasteiger partial charge is 0.493 e. The van der Waals surface area contributed by atoms with E-state index < -0.39 is 10.0 Å². The van der Waals surface area contributed by atoms with Crippen LogP contribution in [0.4, 0.5) is 0 Å². The fourth-order valence-electron chi connectivity index (χ4n) is 4.66. The van der Waals surface area contributed by atoms with Crippen LogP contribution in [0.15, 0.2) is 18.2 Å². The minimum absolute atomic E-state index is 0.0394. The van der Waals surface area contributed by atoms with E-state index in [9.17, 15) is 8.42 Å². The average molecular weight is 425 g/mol. The second-order valence-corrected chi connectivity index (χ2v) is 10.2. The number of benzene rings is 1. The molecule has 2 aliphatic rings. The first kappa shape index (κ1) is 22.5. The minimum atomic E-state index is -3.21. The predicted octanol–water partition coefficient (Wildman–Crippen LogP) is 3.11. The summed E-state index contributed by atoms with van der Waals surface area (Å²) in [6.45, 7) is 6.30. The highest BCUT2D eigenvalue weighted by atomic mass is 32.2. The number of nitrogens with one attached hydrogen (secondary N) is 2. The summed E-state index contributed by atoms with van der Waals surface area (Å²) in [4.78, 5) is 0. The van der Waals surface area contributed by atoms with Crippen molar-refractivity contribution in [3.8, 4) is 5.75 Å². The van der Waals surface area contributed by atoms with Crippen molar-refractivity contribution in [1.29, 1.82) is 0 Å². The molecule has 1 saturated carbocycles. The fourth-order valence-corrected chi connectivity index (χ4v) is 5.49. The fraction of sp³-hybridized carbons (Fsp3) is 0.727. The van der Waals surface area contributed by atoms with Gasteiger partial charge < -0.3 is 14.8 Å². The first-order valence-electron chi connectivity index (χ1n) is 10.9. The number of sulfonamides is 1. The summed E-state index contributed by atoms with van der Waals surface area (Å²) in [5.74, 6) is 1.57. The van der Waals surface area contributed by atoms with Gasteiger partial charge in [0.25, 0.3) is 0 Å². The van der Waals surface area contributed by atoms with Crippen LogP contribution in [-0.2, 0) is 14.8 Å². The Bertz CT molecular complexity index is 760. The molecule has 1 heterocycles. The van der Waals surface area contributed by atoms with Gasteiger partial charge in [-0.1, -0.05) is 18.2 Å². The van der Waals surface area contributed by atoms with Crippen LogP contribution >= 0.6 is 0 Å². The molecule has 164 valence electrons. The molecule has 1 aromatic rings. The van der Waals surface area contributed by atoms with Gasteiger partial charge >= 0.3 is 0 Å². The zero-order chi connectivity index (χ0) is 20.9. The molecule has 1 aromatic carbocycles. The third-order valence-electron chi connectivity index (χ3n) is 6.11. The van der Waals surface area contributed by atoms with E-state index in [1.54, 1.807) is 0 Å². The Hall–Kier alpha value is -1.15.